The van der Waals surface area contributed by atoms with Gasteiger partial charge < -0.3 is 9.47 Å². The lowest BCUT2D eigenvalue weighted by Crippen LogP contribution is -2.29. The summed E-state index contributed by atoms with van der Waals surface area (Å²) in [6, 6.07) is 3.25. The molecule has 0 aromatic heterocycles. The third-order valence-electron chi connectivity index (χ3n) is 8.90. The van der Waals surface area contributed by atoms with Gasteiger partial charge in [0.2, 0.25) is 5.82 Å². The van der Waals surface area contributed by atoms with E-state index >= 15 is 0 Å². The first-order valence-corrected chi connectivity index (χ1v) is 14.6. The molecule has 1 aromatic rings. The van der Waals surface area contributed by atoms with Crippen molar-refractivity contribution in [2.45, 2.75) is 103 Å². The van der Waals surface area contributed by atoms with Gasteiger partial charge in [0.05, 0.1) is 19.3 Å². The summed E-state index contributed by atoms with van der Waals surface area (Å²) in [7, 11) is 0. The Labute approximate surface area is 217 Å². The number of unbranched alkanes of at least 4 members (excludes halogenated alkanes) is 1. The molecule has 0 bridgehead atoms. The fourth-order valence-corrected chi connectivity index (χ4v) is 6.58. The first-order chi connectivity index (χ1) is 17.6. The van der Waals surface area contributed by atoms with Crippen LogP contribution >= 0.6 is 0 Å². The molecular weight excluding hydrogens is 454 g/mol. The monoisotopic (exact) mass is 500 g/mol. The molecule has 0 radical (unpaired) electrons. The minimum Gasteiger partial charge on any atom is -0.490 e. The molecule has 3 aliphatic carbocycles. The molecule has 2 fully saturated rings. The number of ether oxygens (including phenoxy) is 2. The molecule has 200 valence electrons. The Morgan fingerprint density at radius 3 is 2.28 bits per heavy atom. The number of halogens is 2. The zero-order chi connectivity index (χ0) is 25.3. The van der Waals surface area contributed by atoms with Crippen LogP contribution in [0.3, 0.4) is 0 Å². The summed E-state index contributed by atoms with van der Waals surface area (Å²) in [5.41, 5.74) is 1.29. The van der Waals surface area contributed by atoms with Gasteiger partial charge in [0.15, 0.2) is 11.6 Å². The molecule has 4 rings (SSSR count). The maximum absolute atomic E-state index is 14.7. The molecule has 4 heteroatoms. The van der Waals surface area contributed by atoms with Crippen molar-refractivity contribution in [3.8, 4) is 5.75 Å². The molecule has 1 aromatic carbocycles. The van der Waals surface area contributed by atoms with E-state index < -0.39 is 11.6 Å². The molecule has 36 heavy (non-hydrogen) atoms. The molecule has 0 heterocycles. The normalized spacial score (nSPS) is 29.3. The van der Waals surface area contributed by atoms with Crippen LogP contribution in [0.4, 0.5) is 8.78 Å². The van der Waals surface area contributed by atoms with Crippen LogP contribution in [0.2, 0.25) is 0 Å². The van der Waals surface area contributed by atoms with Gasteiger partial charge in [0, 0.05) is 5.56 Å². The molecule has 0 aliphatic heterocycles. The molecule has 0 spiro atoms. The van der Waals surface area contributed by atoms with Crippen LogP contribution in [0.5, 0.6) is 5.75 Å². The second-order valence-electron chi connectivity index (χ2n) is 11.4. The van der Waals surface area contributed by atoms with Crippen molar-refractivity contribution in [2.24, 2.45) is 23.7 Å². The molecule has 3 aliphatic rings. The van der Waals surface area contributed by atoms with E-state index in [4.69, 9.17) is 9.47 Å². The van der Waals surface area contributed by atoms with E-state index in [1.54, 1.807) is 12.1 Å². The van der Waals surface area contributed by atoms with E-state index in [1.165, 1.54) is 51.4 Å². The number of hydrogen-bond donors (Lipinski definition) is 0. The van der Waals surface area contributed by atoms with E-state index in [-0.39, 0.29) is 5.75 Å². The summed E-state index contributed by atoms with van der Waals surface area (Å²) < 4.78 is 41.0. The van der Waals surface area contributed by atoms with E-state index in [0.29, 0.717) is 24.2 Å². The van der Waals surface area contributed by atoms with Crippen molar-refractivity contribution in [1.82, 2.24) is 0 Å². The van der Waals surface area contributed by atoms with E-state index in [1.807, 2.05) is 6.92 Å². The Morgan fingerprint density at radius 1 is 0.917 bits per heavy atom. The average Bonchev–Trinajstić information content (AvgIpc) is 2.91. The molecule has 1 unspecified atom stereocenters. The van der Waals surface area contributed by atoms with E-state index in [9.17, 15) is 8.78 Å². The second kappa shape index (κ2) is 13.7. The third kappa shape index (κ3) is 7.21. The van der Waals surface area contributed by atoms with Crippen LogP contribution in [0.15, 0.2) is 30.4 Å². The smallest absolute Gasteiger partial charge is 0.201 e. The maximum Gasteiger partial charge on any atom is 0.201 e. The van der Waals surface area contributed by atoms with Gasteiger partial charge in [-0.1, -0.05) is 31.6 Å². The Bertz CT molecular complexity index is 876. The fraction of sp³-hybridized carbons (Fsp3) is 0.688. The van der Waals surface area contributed by atoms with E-state index in [0.717, 1.165) is 62.0 Å². The molecule has 0 amide bonds. The van der Waals surface area contributed by atoms with E-state index in [2.05, 4.69) is 25.2 Å². The van der Waals surface area contributed by atoms with Gasteiger partial charge in [-0.3, -0.25) is 0 Å². The molecular formula is C32H46F2O2. The highest BCUT2D eigenvalue weighted by atomic mass is 19.2. The van der Waals surface area contributed by atoms with Gasteiger partial charge in [0.1, 0.15) is 0 Å². The Balaban J connectivity index is 1.19. The van der Waals surface area contributed by atoms with Crippen molar-refractivity contribution >= 4 is 5.57 Å². The Morgan fingerprint density at radius 2 is 1.64 bits per heavy atom. The van der Waals surface area contributed by atoms with Crippen LogP contribution < -0.4 is 4.74 Å². The van der Waals surface area contributed by atoms with Crippen molar-refractivity contribution in [2.75, 3.05) is 13.2 Å². The Kier molecular flexibility index (Phi) is 10.4. The summed E-state index contributed by atoms with van der Waals surface area (Å²) >= 11 is 0. The average molecular weight is 501 g/mol. The Hall–Kier alpha value is -1.68. The van der Waals surface area contributed by atoms with Crippen LogP contribution in [-0.4, -0.2) is 19.3 Å². The second-order valence-corrected chi connectivity index (χ2v) is 11.4. The van der Waals surface area contributed by atoms with Crippen molar-refractivity contribution in [1.29, 1.82) is 0 Å². The molecule has 0 saturated heterocycles. The molecule has 1 atom stereocenters. The highest BCUT2D eigenvalue weighted by Crippen LogP contribution is 2.41. The summed E-state index contributed by atoms with van der Waals surface area (Å²) in [5, 5.41) is 0. The topological polar surface area (TPSA) is 18.5 Å². The van der Waals surface area contributed by atoms with Crippen molar-refractivity contribution < 1.29 is 18.3 Å². The minimum absolute atomic E-state index is 0.0171. The van der Waals surface area contributed by atoms with Crippen LogP contribution in [0.1, 0.15) is 103 Å². The number of allylic oxidation sites excluding steroid dienone is 4. The largest absolute Gasteiger partial charge is 0.490 e. The minimum atomic E-state index is -0.864. The van der Waals surface area contributed by atoms with Crippen molar-refractivity contribution in [3.63, 3.8) is 0 Å². The van der Waals surface area contributed by atoms with Crippen molar-refractivity contribution in [3.05, 3.63) is 47.6 Å². The lowest BCUT2D eigenvalue weighted by atomic mass is 9.70. The number of benzene rings is 1. The lowest BCUT2D eigenvalue weighted by molar-refractivity contribution is -0.0100. The van der Waals surface area contributed by atoms with Gasteiger partial charge in [-0.25, -0.2) is 4.39 Å². The molecule has 2 saturated carbocycles. The first-order valence-electron chi connectivity index (χ1n) is 14.6. The van der Waals surface area contributed by atoms with Gasteiger partial charge in [0.25, 0.3) is 0 Å². The quantitative estimate of drug-likeness (QED) is 0.235. The zero-order valence-electron chi connectivity index (χ0n) is 22.5. The van der Waals surface area contributed by atoms with Crippen LogP contribution in [0.25, 0.3) is 5.57 Å². The predicted molar refractivity (Wildman–Crippen MR) is 144 cm³/mol. The van der Waals surface area contributed by atoms with Crippen LogP contribution in [-0.2, 0) is 4.74 Å². The summed E-state index contributed by atoms with van der Waals surface area (Å²) in [4.78, 5) is 0. The lowest BCUT2D eigenvalue weighted by Gasteiger charge is -2.37. The van der Waals surface area contributed by atoms with Gasteiger partial charge in [-0.2, -0.15) is 4.39 Å². The number of rotatable bonds is 10. The zero-order valence-corrected chi connectivity index (χ0v) is 22.5. The highest BCUT2D eigenvalue weighted by molar-refractivity contribution is 5.67. The first kappa shape index (κ1) is 27.4. The van der Waals surface area contributed by atoms with Crippen LogP contribution in [0, 0.1) is 35.3 Å². The summed E-state index contributed by atoms with van der Waals surface area (Å²) in [6.07, 6.45) is 22.1. The van der Waals surface area contributed by atoms with Gasteiger partial charge in [-0.15, -0.1) is 0 Å². The van der Waals surface area contributed by atoms with Gasteiger partial charge >= 0.3 is 0 Å². The highest BCUT2D eigenvalue weighted by Gasteiger charge is 2.31. The molecule has 2 nitrogen and oxygen atoms in total. The fourth-order valence-electron chi connectivity index (χ4n) is 6.58. The maximum atomic E-state index is 14.7. The molecule has 0 N–H and O–H groups in total. The SMILES string of the molecule is CC=CC1CCC(C2CCC(OCC3CC=C(c4ccc(OCCCC)c(F)c4F)CC3)CC2)CC1. The van der Waals surface area contributed by atoms with Gasteiger partial charge in [-0.05, 0) is 125 Å². The summed E-state index contributed by atoms with van der Waals surface area (Å²) in [5.74, 6) is 1.48. The third-order valence-corrected chi connectivity index (χ3v) is 8.90. The number of hydrogen-bond acceptors (Lipinski definition) is 2. The predicted octanol–water partition coefficient (Wildman–Crippen LogP) is 9.29. The standard InChI is InChI=1S/C32H46F2O2/c1-3-5-21-35-30-20-19-29(31(33)32(30)34)27-13-9-24(10-14-27)22-36-28-17-15-26(16-18-28)25-11-7-23(6-4-2)8-12-25/h4,6,13,19-20,23-26,28H,3,5,7-12,14-18,21-22H2,1-2H3. The summed E-state index contributed by atoms with van der Waals surface area (Å²) in [6.45, 7) is 5.38.